The third kappa shape index (κ3) is 4.33. The third-order valence-corrected chi connectivity index (χ3v) is 7.97. The van der Waals surface area contributed by atoms with Crippen molar-refractivity contribution in [3.8, 4) is 22.9 Å². The van der Waals surface area contributed by atoms with E-state index in [0.29, 0.717) is 30.8 Å². The molecule has 0 amide bonds. The SMILES string of the molecule is CC(C)N1c2ccc(-c3ccc4c(c3)CCN4S(C)(=O)=O)c(Oc3ncc(F)cn3)c2CC[C@@H]1C. The van der Waals surface area contributed by atoms with Crippen molar-refractivity contribution in [2.75, 3.05) is 22.0 Å². The molecule has 0 saturated heterocycles. The minimum absolute atomic E-state index is 0.0835. The van der Waals surface area contributed by atoms with Gasteiger partial charge in [-0.1, -0.05) is 6.07 Å². The quantitative estimate of drug-likeness (QED) is 0.498. The lowest BCUT2D eigenvalue weighted by atomic mass is 9.90. The second-order valence-corrected chi connectivity index (χ2v) is 11.4. The van der Waals surface area contributed by atoms with E-state index < -0.39 is 15.8 Å². The number of hydrogen-bond acceptors (Lipinski definition) is 6. The summed E-state index contributed by atoms with van der Waals surface area (Å²) >= 11 is 0. The molecule has 0 spiro atoms. The maximum atomic E-state index is 13.4. The van der Waals surface area contributed by atoms with Gasteiger partial charge >= 0.3 is 6.01 Å². The fourth-order valence-electron chi connectivity index (χ4n) is 5.29. The predicted octanol–water partition coefficient (Wildman–Crippen LogP) is 4.95. The normalized spacial score (nSPS) is 17.5. The van der Waals surface area contributed by atoms with Crippen LogP contribution in [0.2, 0.25) is 0 Å². The van der Waals surface area contributed by atoms with Gasteiger partial charge in [0.05, 0.1) is 24.3 Å². The van der Waals surface area contributed by atoms with Crippen LogP contribution < -0.4 is 13.9 Å². The minimum Gasteiger partial charge on any atom is -0.423 e. The highest BCUT2D eigenvalue weighted by Crippen LogP contribution is 2.46. The largest absolute Gasteiger partial charge is 0.423 e. The number of rotatable bonds is 5. The van der Waals surface area contributed by atoms with Gasteiger partial charge in [-0.3, -0.25) is 4.31 Å². The Labute approximate surface area is 205 Å². The molecule has 3 aromatic rings. The summed E-state index contributed by atoms with van der Waals surface area (Å²) in [5.41, 5.74) is 5.68. The summed E-state index contributed by atoms with van der Waals surface area (Å²) in [4.78, 5) is 10.4. The molecule has 0 aliphatic carbocycles. The lowest BCUT2D eigenvalue weighted by Gasteiger charge is -2.41. The van der Waals surface area contributed by atoms with Gasteiger partial charge in [0.25, 0.3) is 0 Å². The van der Waals surface area contributed by atoms with Crippen LogP contribution in [0.5, 0.6) is 11.8 Å². The number of hydrogen-bond donors (Lipinski definition) is 0. The fraction of sp³-hybridized carbons (Fsp3) is 0.385. The van der Waals surface area contributed by atoms with Crippen LogP contribution in [-0.2, 0) is 22.9 Å². The number of aromatic nitrogens is 2. The Bertz CT molecular complexity index is 1380. The smallest absolute Gasteiger partial charge is 0.322 e. The molecule has 0 fully saturated rings. The maximum absolute atomic E-state index is 13.4. The van der Waals surface area contributed by atoms with E-state index >= 15 is 0 Å². The molecular formula is C26H29FN4O3S. The van der Waals surface area contributed by atoms with Gasteiger partial charge in [0, 0.05) is 35.4 Å². The molecule has 0 N–H and O–H groups in total. The van der Waals surface area contributed by atoms with E-state index in [2.05, 4.69) is 41.7 Å². The lowest BCUT2D eigenvalue weighted by molar-refractivity contribution is 0.425. The second kappa shape index (κ2) is 8.78. The Morgan fingerprint density at radius 3 is 2.49 bits per heavy atom. The maximum Gasteiger partial charge on any atom is 0.322 e. The van der Waals surface area contributed by atoms with Crippen LogP contribution >= 0.6 is 0 Å². The van der Waals surface area contributed by atoms with Gasteiger partial charge < -0.3 is 9.64 Å². The molecule has 3 heterocycles. The van der Waals surface area contributed by atoms with E-state index in [-0.39, 0.29) is 6.01 Å². The Balaban J connectivity index is 1.64. The molecule has 9 heteroatoms. The van der Waals surface area contributed by atoms with Gasteiger partial charge in [0.1, 0.15) is 5.75 Å². The summed E-state index contributed by atoms with van der Waals surface area (Å²) in [5.74, 6) is 0.131. The standard InChI is InChI=1S/C26H29FN4O3S/c1-16(2)31-17(3)5-7-22-24(31)10-8-21(25(22)34-26-28-14-20(27)15-29-26)18-6-9-23-19(13-18)11-12-30(23)35(4,32)33/h6,8-10,13-17H,5,7,11-12H2,1-4H3/t17-/m0/s1. The molecule has 0 radical (unpaired) electrons. The highest BCUT2D eigenvalue weighted by molar-refractivity contribution is 7.92. The van der Waals surface area contributed by atoms with Crippen LogP contribution in [0.25, 0.3) is 11.1 Å². The molecule has 5 rings (SSSR count). The first-order chi connectivity index (χ1) is 16.6. The van der Waals surface area contributed by atoms with Crippen molar-refractivity contribution < 1.29 is 17.5 Å². The molecule has 1 atom stereocenters. The van der Waals surface area contributed by atoms with Gasteiger partial charge in [-0.2, -0.15) is 0 Å². The predicted molar refractivity (Wildman–Crippen MR) is 135 cm³/mol. The van der Waals surface area contributed by atoms with Crippen molar-refractivity contribution in [2.45, 2.75) is 52.1 Å². The molecule has 2 aliphatic heterocycles. The van der Waals surface area contributed by atoms with E-state index in [4.69, 9.17) is 4.74 Å². The Morgan fingerprint density at radius 1 is 1.09 bits per heavy atom. The topological polar surface area (TPSA) is 75.6 Å². The highest BCUT2D eigenvalue weighted by atomic mass is 32.2. The van der Waals surface area contributed by atoms with Gasteiger partial charge in [0.15, 0.2) is 5.82 Å². The van der Waals surface area contributed by atoms with Crippen molar-refractivity contribution in [3.05, 3.63) is 59.7 Å². The molecule has 2 aromatic carbocycles. The number of benzene rings is 2. The van der Waals surface area contributed by atoms with Gasteiger partial charge in [0.2, 0.25) is 10.0 Å². The molecule has 0 unspecified atom stereocenters. The molecule has 7 nitrogen and oxygen atoms in total. The highest BCUT2D eigenvalue weighted by Gasteiger charge is 2.31. The molecule has 184 valence electrons. The molecule has 0 bridgehead atoms. The van der Waals surface area contributed by atoms with Crippen molar-refractivity contribution in [2.24, 2.45) is 0 Å². The monoisotopic (exact) mass is 496 g/mol. The molecule has 1 aromatic heterocycles. The Hall–Kier alpha value is -3.20. The minimum atomic E-state index is -3.32. The molecule has 2 aliphatic rings. The average molecular weight is 497 g/mol. The summed E-state index contributed by atoms with van der Waals surface area (Å²) < 4.78 is 45.5. The van der Waals surface area contributed by atoms with E-state index in [1.807, 2.05) is 24.3 Å². The van der Waals surface area contributed by atoms with Crippen LogP contribution in [0.4, 0.5) is 15.8 Å². The summed E-state index contributed by atoms with van der Waals surface area (Å²) in [7, 11) is -3.32. The van der Waals surface area contributed by atoms with Gasteiger partial charge in [-0.25, -0.2) is 22.8 Å². The van der Waals surface area contributed by atoms with Crippen molar-refractivity contribution in [1.82, 2.24) is 9.97 Å². The molecule has 35 heavy (non-hydrogen) atoms. The zero-order valence-corrected chi connectivity index (χ0v) is 21.1. The third-order valence-electron chi connectivity index (χ3n) is 6.79. The zero-order valence-electron chi connectivity index (χ0n) is 20.3. The Morgan fingerprint density at radius 2 is 1.80 bits per heavy atom. The van der Waals surface area contributed by atoms with Crippen LogP contribution in [0.3, 0.4) is 0 Å². The first kappa shape index (κ1) is 23.5. The number of sulfonamides is 1. The van der Waals surface area contributed by atoms with E-state index in [1.54, 1.807) is 0 Å². The number of halogens is 1. The second-order valence-electron chi connectivity index (χ2n) is 9.54. The van der Waals surface area contributed by atoms with Crippen LogP contribution in [-0.4, -0.2) is 43.3 Å². The van der Waals surface area contributed by atoms with E-state index in [9.17, 15) is 12.8 Å². The average Bonchev–Trinajstić information content (AvgIpc) is 3.24. The molecule has 0 saturated carbocycles. The fourth-order valence-corrected chi connectivity index (χ4v) is 6.25. The first-order valence-electron chi connectivity index (χ1n) is 11.8. The zero-order chi connectivity index (χ0) is 24.9. The summed E-state index contributed by atoms with van der Waals surface area (Å²) in [6, 6.07) is 10.8. The number of anilines is 2. The van der Waals surface area contributed by atoms with Gasteiger partial charge in [-0.15, -0.1) is 0 Å². The van der Waals surface area contributed by atoms with E-state index in [1.165, 1.54) is 10.6 Å². The van der Waals surface area contributed by atoms with Gasteiger partial charge in [-0.05, 0) is 75.4 Å². The van der Waals surface area contributed by atoms with Crippen LogP contribution in [0.15, 0.2) is 42.7 Å². The first-order valence-corrected chi connectivity index (χ1v) is 13.7. The number of fused-ring (bicyclic) bond motifs is 2. The van der Waals surface area contributed by atoms with Crippen LogP contribution in [0, 0.1) is 5.82 Å². The summed E-state index contributed by atoms with van der Waals surface area (Å²) in [6.45, 7) is 7.03. The summed E-state index contributed by atoms with van der Waals surface area (Å²) in [5, 5.41) is 0. The molecular weight excluding hydrogens is 467 g/mol. The van der Waals surface area contributed by atoms with E-state index in [0.717, 1.165) is 58.9 Å². The van der Waals surface area contributed by atoms with Crippen molar-refractivity contribution in [3.63, 3.8) is 0 Å². The number of nitrogens with zero attached hydrogens (tertiary/aromatic N) is 4. The van der Waals surface area contributed by atoms with Crippen LogP contribution in [0.1, 0.15) is 38.3 Å². The Kier molecular flexibility index (Phi) is 5.91. The number of ether oxygens (including phenoxy) is 1. The summed E-state index contributed by atoms with van der Waals surface area (Å²) in [6.07, 6.45) is 5.87. The lowest BCUT2D eigenvalue weighted by Crippen LogP contribution is -2.42. The van der Waals surface area contributed by atoms with Crippen molar-refractivity contribution >= 4 is 21.4 Å². The van der Waals surface area contributed by atoms with Crippen molar-refractivity contribution in [1.29, 1.82) is 0 Å².